The maximum Gasteiger partial charge on any atom is 0.119 e. The third-order valence-corrected chi connectivity index (χ3v) is 6.60. The first-order valence-electron chi connectivity index (χ1n) is 8.86. The SMILES string of the molecule is Cc1cc(O)c(C)c(C)c1C(c1cccs1)c1c(C)cc(O)c(C)c1C. The quantitative estimate of drug-likeness (QED) is 0.580. The Morgan fingerprint density at radius 2 is 1.19 bits per heavy atom. The number of phenolic OH excluding ortho intramolecular Hbond substituents is 2. The summed E-state index contributed by atoms with van der Waals surface area (Å²) in [6.07, 6.45) is 0. The molecule has 1 aromatic heterocycles. The molecule has 0 fully saturated rings. The third kappa shape index (κ3) is 2.90. The van der Waals surface area contributed by atoms with Crippen molar-refractivity contribution in [2.24, 2.45) is 0 Å². The topological polar surface area (TPSA) is 40.5 Å². The Morgan fingerprint density at radius 1 is 0.731 bits per heavy atom. The zero-order valence-electron chi connectivity index (χ0n) is 16.3. The molecule has 3 heteroatoms. The number of aryl methyl sites for hydroxylation is 2. The van der Waals surface area contributed by atoms with E-state index in [9.17, 15) is 10.2 Å². The number of thiophene rings is 1. The lowest BCUT2D eigenvalue weighted by molar-refractivity contribution is 0.469. The van der Waals surface area contributed by atoms with Crippen LogP contribution in [0.1, 0.15) is 55.3 Å². The molecule has 2 nitrogen and oxygen atoms in total. The highest BCUT2D eigenvalue weighted by molar-refractivity contribution is 7.10. The van der Waals surface area contributed by atoms with Crippen molar-refractivity contribution >= 4 is 11.3 Å². The van der Waals surface area contributed by atoms with Crippen molar-refractivity contribution in [3.05, 3.63) is 79.0 Å². The Kier molecular flexibility index (Phi) is 4.85. The first kappa shape index (κ1) is 18.5. The van der Waals surface area contributed by atoms with E-state index in [-0.39, 0.29) is 5.92 Å². The van der Waals surface area contributed by atoms with Gasteiger partial charge < -0.3 is 10.2 Å². The van der Waals surface area contributed by atoms with E-state index >= 15 is 0 Å². The van der Waals surface area contributed by atoms with Gasteiger partial charge in [-0.3, -0.25) is 0 Å². The van der Waals surface area contributed by atoms with Crippen molar-refractivity contribution in [3.8, 4) is 11.5 Å². The van der Waals surface area contributed by atoms with E-state index in [1.54, 1.807) is 11.3 Å². The Bertz CT molecular complexity index is 905. The van der Waals surface area contributed by atoms with Crippen molar-refractivity contribution in [3.63, 3.8) is 0 Å². The monoisotopic (exact) mass is 366 g/mol. The van der Waals surface area contributed by atoms with Crippen LogP contribution in [-0.4, -0.2) is 10.2 Å². The molecule has 1 heterocycles. The summed E-state index contributed by atoms with van der Waals surface area (Å²) in [6.45, 7) is 12.3. The Balaban J connectivity index is 2.40. The fraction of sp³-hybridized carbons (Fsp3) is 0.304. The van der Waals surface area contributed by atoms with Crippen molar-refractivity contribution in [1.29, 1.82) is 0 Å². The highest BCUT2D eigenvalue weighted by atomic mass is 32.1. The van der Waals surface area contributed by atoms with Gasteiger partial charge in [-0.2, -0.15) is 0 Å². The standard InChI is InChI=1S/C23H26O2S/c1-12-10-18(24)14(3)16(5)21(12)23(20-8-7-9-26-20)22-13(2)11-19(25)15(4)17(22)6/h7-11,23-25H,1-6H3. The van der Waals surface area contributed by atoms with Crippen LogP contribution in [-0.2, 0) is 0 Å². The number of benzene rings is 2. The van der Waals surface area contributed by atoms with E-state index in [1.165, 1.54) is 16.0 Å². The molecule has 136 valence electrons. The van der Waals surface area contributed by atoms with Gasteiger partial charge in [-0.05, 0) is 110 Å². The molecule has 26 heavy (non-hydrogen) atoms. The van der Waals surface area contributed by atoms with Gasteiger partial charge in [0.05, 0.1) is 0 Å². The molecule has 2 N–H and O–H groups in total. The molecule has 0 unspecified atom stereocenters. The lowest BCUT2D eigenvalue weighted by atomic mass is 9.78. The molecule has 0 radical (unpaired) electrons. The Hall–Kier alpha value is -2.26. The molecule has 0 aliphatic carbocycles. The second kappa shape index (κ2) is 6.81. The van der Waals surface area contributed by atoms with Gasteiger partial charge in [0.1, 0.15) is 11.5 Å². The highest BCUT2D eigenvalue weighted by Crippen LogP contribution is 2.44. The van der Waals surface area contributed by atoms with Gasteiger partial charge in [0.25, 0.3) is 0 Å². The predicted molar refractivity (Wildman–Crippen MR) is 110 cm³/mol. The number of rotatable bonds is 3. The lowest BCUT2D eigenvalue weighted by Gasteiger charge is -2.27. The number of hydrogen-bond acceptors (Lipinski definition) is 3. The van der Waals surface area contributed by atoms with Crippen LogP contribution >= 0.6 is 11.3 Å². The van der Waals surface area contributed by atoms with E-state index in [0.29, 0.717) is 11.5 Å². The normalized spacial score (nSPS) is 11.3. The number of phenols is 2. The summed E-state index contributed by atoms with van der Waals surface area (Å²) in [5.41, 5.74) is 8.80. The second-order valence-corrected chi connectivity index (χ2v) is 8.18. The summed E-state index contributed by atoms with van der Waals surface area (Å²) >= 11 is 1.75. The van der Waals surface area contributed by atoms with Crippen LogP contribution in [0.5, 0.6) is 11.5 Å². The molecular weight excluding hydrogens is 340 g/mol. The van der Waals surface area contributed by atoms with E-state index in [2.05, 4.69) is 45.2 Å². The van der Waals surface area contributed by atoms with E-state index < -0.39 is 0 Å². The molecule has 0 amide bonds. The van der Waals surface area contributed by atoms with Crippen LogP contribution < -0.4 is 0 Å². The van der Waals surface area contributed by atoms with Crippen molar-refractivity contribution < 1.29 is 10.2 Å². The van der Waals surface area contributed by atoms with E-state index in [0.717, 1.165) is 33.4 Å². The first-order chi connectivity index (χ1) is 12.2. The van der Waals surface area contributed by atoms with Gasteiger partial charge in [0.15, 0.2) is 0 Å². The average molecular weight is 367 g/mol. The van der Waals surface area contributed by atoms with Gasteiger partial charge in [-0.25, -0.2) is 0 Å². The maximum absolute atomic E-state index is 10.2. The van der Waals surface area contributed by atoms with Crippen LogP contribution in [0.25, 0.3) is 0 Å². The molecular formula is C23H26O2S. The second-order valence-electron chi connectivity index (χ2n) is 7.20. The molecule has 0 spiro atoms. The smallest absolute Gasteiger partial charge is 0.119 e. The number of hydrogen-bond donors (Lipinski definition) is 2. The highest BCUT2D eigenvalue weighted by Gasteiger charge is 2.27. The molecule has 2 aromatic carbocycles. The third-order valence-electron chi connectivity index (χ3n) is 5.66. The largest absolute Gasteiger partial charge is 0.508 e. The van der Waals surface area contributed by atoms with Gasteiger partial charge in [0, 0.05) is 10.8 Å². The predicted octanol–water partition coefficient (Wildman–Crippen LogP) is 6.19. The van der Waals surface area contributed by atoms with Crippen molar-refractivity contribution in [2.45, 2.75) is 47.5 Å². The molecule has 3 aromatic rings. The van der Waals surface area contributed by atoms with Gasteiger partial charge in [0.2, 0.25) is 0 Å². The molecule has 3 rings (SSSR count). The molecule has 0 aliphatic heterocycles. The van der Waals surface area contributed by atoms with E-state index in [1.807, 2.05) is 26.0 Å². The Morgan fingerprint density at radius 3 is 1.58 bits per heavy atom. The van der Waals surface area contributed by atoms with Gasteiger partial charge >= 0.3 is 0 Å². The zero-order valence-corrected chi connectivity index (χ0v) is 17.1. The Labute approximate surface area is 159 Å². The van der Waals surface area contributed by atoms with E-state index in [4.69, 9.17) is 0 Å². The van der Waals surface area contributed by atoms with Crippen LogP contribution in [0.2, 0.25) is 0 Å². The summed E-state index contributed by atoms with van der Waals surface area (Å²) in [5.74, 6) is 0.793. The molecule has 0 bridgehead atoms. The average Bonchev–Trinajstić information content (AvgIpc) is 3.10. The minimum atomic E-state index is 0.0913. The first-order valence-corrected chi connectivity index (χ1v) is 9.74. The van der Waals surface area contributed by atoms with Crippen LogP contribution in [0.3, 0.4) is 0 Å². The molecule has 0 aliphatic rings. The summed E-state index contributed by atoms with van der Waals surface area (Å²) in [5, 5.41) is 22.6. The van der Waals surface area contributed by atoms with Crippen LogP contribution in [0.4, 0.5) is 0 Å². The van der Waals surface area contributed by atoms with Crippen molar-refractivity contribution in [2.75, 3.05) is 0 Å². The lowest BCUT2D eigenvalue weighted by Crippen LogP contribution is -2.11. The summed E-state index contributed by atoms with van der Waals surface area (Å²) in [6, 6.07) is 8.01. The summed E-state index contributed by atoms with van der Waals surface area (Å²) in [7, 11) is 0. The van der Waals surface area contributed by atoms with Gasteiger partial charge in [-0.1, -0.05) is 6.07 Å². The molecule has 0 saturated heterocycles. The minimum Gasteiger partial charge on any atom is -0.508 e. The number of aromatic hydroxyl groups is 2. The summed E-state index contributed by atoms with van der Waals surface area (Å²) < 4.78 is 0. The van der Waals surface area contributed by atoms with Crippen LogP contribution in [0, 0.1) is 41.5 Å². The fourth-order valence-corrected chi connectivity index (χ4v) is 4.78. The molecule has 0 atom stereocenters. The fourth-order valence-electron chi connectivity index (χ4n) is 3.93. The summed E-state index contributed by atoms with van der Waals surface area (Å²) in [4.78, 5) is 1.28. The zero-order chi connectivity index (χ0) is 19.2. The van der Waals surface area contributed by atoms with Crippen molar-refractivity contribution in [1.82, 2.24) is 0 Å². The van der Waals surface area contributed by atoms with Gasteiger partial charge in [-0.15, -0.1) is 11.3 Å². The minimum absolute atomic E-state index is 0.0913. The van der Waals surface area contributed by atoms with Crippen LogP contribution in [0.15, 0.2) is 29.6 Å². The molecule has 0 saturated carbocycles. The maximum atomic E-state index is 10.2.